The van der Waals surface area contributed by atoms with Gasteiger partial charge in [-0.25, -0.2) is 0 Å². The summed E-state index contributed by atoms with van der Waals surface area (Å²) in [4.78, 5) is 0. The van der Waals surface area contributed by atoms with Crippen molar-refractivity contribution >= 4 is 0 Å². The Bertz CT molecular complexity index is 119. The molecule has 0 saturated carbocycles. The normalized spacial score (nSPS) is 13.2. The van der Waals surface area contributed by atoms with Gasteiger partial charge in [-0.2, -0.15) is 0 Å². The third kappa shape index (κ3) is 2.81. The van der Waals surface area contributed by atoms with Crippen LogP contribution in [0.2, 0.25) is 0 Å². The molecule has 0 aromatic heterocycles. The van der Waals surface area contributed by atoms with E-state index in [0.29, 0.717) is 23.2 Å². The van der Waals surface area contributed by atoms with Crippen LogP contribution in [0.25, 0.3) is 0 Å². The number of rotatable bonds is 5. The second-order valence-electron chi connectivity index (χ2n) is 4.87. The molecule has 0 fully saturated rings. The first-order chi connectivity index (χ1) is 5.89. The molecule has 1 nitrogen and oxygen atoms in total. The Morgan fingerprint density at radius 3 is 1.31 bits per heavy atom. The molecule has 0 rings (SSSR count). The summed E-state index contributed by atoms with van der Waals surface area (Å²) in [6, 6.07) is 0. The van der Waals surface area contributed by atoms with Crippen LogP contribution in [-0.2, 0) is 24.1 Å². The monoisotopic (exact) mass is 219 g/mol. The van der Waals surface area contributed by atoms with Crippen molar-refractivity contribution in [3.63, 3.8) is 0 Å². The van der Waals surface area contributed by atoms with Gasteiger partial charge in [-0.05, 0) is 0 Å². The van der Waals surface area contributed by atoms with Crippen molar-refractivity contribution in [1.82, 2.24) is 0 Å². The van der Waals surface area contributed by atoms with Crippen LogP contribution in [0.4, 0.5) is 0 Å². The molecular weight excluding hydrogens is 196 g/mol. The molecular formula is C11H23OTi. The third-order valence-corrected chi connectivity index (χ3v) is 3.77. The Hall–Kier alpha value is 0.674. The molecule has 0 aliphatic heterocycles. The van der Waals surface area contributed by atoms with Crippen LogP contribution in [0.5, 0.6) is 0 Å². The minimum atomic E-state index is 0.328. The average Bonchev–Trinajstić information content (AvgIpc) is 1.97. The van der Waals surface area contributed by atoms with Gasteiger partial charge in [-0.3, -0.25) is 0 Å². The zero-order valence-electron chi connectivity index (χ0n) is 9.85. The Labute approximate surface area is 95.5 Å². The molecule has 0 radical (unpaired) electrons. The molecule has 13 heavy (non-hydrogen) atoms. The van der Waals surface area contributed by atoms with E-state index in [2.05, 4.69) is 41.5 Å². The minimum absolute atomic E-state index is 0.328. The number of hydrogen-bond acceptors (Lipinski definition) is 1. The predicted molar refractivity (Wildman–Crippen MR) is 52.9 cm³/mol. The van der Waals surface area contributed by atoms with Crippen molar-refractivity contribution in [2.45, 2.75) is 41.5 Å². The first kappa shape index (κ1) is 13.7. The van der Waals surface area contributed by atoms with E-state index in [4.69, 9.17) is 3.32 Å². The molecule has 77 valence electrons. The van der Waals surface area contributed by atoms with Gasteiger partial charge in [0.2, 0.25) is 0 Å². The molecule has 0 aliphatic rings. The van der Waals surface area contributed by atoms with E-state index >= 15 is 0 Å². The van der Waals surface area contributed by atoms with Gasteiger partial charge >= 0.3 is 95.5 Å². The topological polar surface area (TPSA) is 9.23 Å². The Morgan fingerprint density at radius 2 is 1.23 bits per heavy atom. The fourth-order valence-corrected chi connectivity index (χ4v) is 3.02. The third-order valence-electron chi connectivity index (χ3n) is 3.55. The van der Waals surface area contributed by atoms with Crippen LogP contribution < -0.4 is 0 Å². The average molecular weight is 219 g/mol. The van der Waals surface area contributed by atoms with Crippen LogP contribution in [0.3, 0.4) is 0 Å². The van der Waals surface area contributed by atoms with Crippen molar-refractivity contribution in [3.8, 4) is 0 Å². The predicted octanol–water partition coefficient (Wildman–Crippen LogP) is 3.42. The van der Waals surface area contributed by atoms with Gasteiger partial charge in [0.25, 0.3) is 0 Å². The molecule has 0 aromatic carbocycles. The molecule has 0 saturated heterocycles. The zero-order chi connectivity index (χ0) is 10.6. The van der Waals surface area contributed by atoms with E-state index in [-0.39, 0.29) is 0 Å². The summed E-state index contributed by atoms with van der Waals surface area (Å²) in [6.07, 6.45) is 0. The Balaban J connectivity index is 4.82. The van der Waals surface area contributed by atoms with Crippen molar-refractivity contribution in [2.24, 2.45) is 23.2 Å². The summed E-state index contributed by atoms with van der Waals surface area (Å²) < 4.78 is 5.39. The van der Waals surface area contributed by atoms with E-state index in [9.17, 15) is 0 Å². The van der Waals surface area contributed by atoms with E-state index in [0.717, 1.165) is 6.61 Å². The van der Waals surface area contributed by atoms with Crippen LogP contribution in [0.1, 0.15) is 41.5 Å². The molecule has 0 N–H and O–H groups in total. The maximum absolute atomic E-state index is 5.39. The fourth-order valence-electron chi connectivity index (χ4n) is 2.62. The summed E-state index contributed by atoms with van der Waals surface area (Å²) >= 11 is 1.81. The van der Waals surface area contributed by atoms with Crippen LogP contribution in [0, 0.1) is 23.2 Å². The summed E-state index contributed by atoms with van der Waals surface area (Å²) in [5.41, 5.74) is 0.328. The quantitative estimate of drug-likeness (QED) is 0.644. The maximum atomic E-state index is 5.39. The van der Waals surface area contributed by atoms with Gasteiger partial charge in [-0.15, -0.1) is 0 Å². The van der Waals surface area contributed by atoms with Crippen molar-refractivity contribution in [3.05, 3.63) is 0 Å². The fraction of sp³-hybridized carbons (Fsp3) is 1.00. The summed E-state index contributed by atoms with van der Waals surface area (Å²) in [5.74, 6) is 2.02. The molecule has 0 spiro atoms. The second-order valence-corrected chi connectivity index (χ2v) is 5.32. The van der Waals surface area contributed by atoms with Gasteiger partial charge < -0.3 is 0 Å². The first-order valence-corrected chi connectivity index (χ1v) is 5.81. The van der Waals surface area contributed by atoms with E-state index in [1.54, 1.807) is 0 Å². The molecule has 0 heterocycles. The van der Waals surface area contributed by atoms with Crippen LogP contribution in [0.15, 0.2) is 0 Å². The second kappa shape index (κ2) is 5.53. The van der Waals surface area contributed by atoms with E-state index in [1.165, 1.54) is 0 Å². The van der Waals surface area contributed by atoms with E-state index < -0.39 is 0 Å². The van der Waals surface area contributed by atoms with Gasteiger partial charge in [-0.1, -0.05) is 0 Å². The van der Waals surface area contributed by atoms with Crippen LogP contribution >= 0.6 is 0 Å². The molecule has 0 unspecified atom stereocenters. The molecule has 0 aromatic rings. The molecule has 2 heteroatoms. The van der Waals surface area contributed by atoms with Gasteiger partial charge in [0.05, 0.1) is 0 Å². The molecule has 0 atom stereocenters. The SMILES string of the molecule is CC(C)C(C[O][Ti])(C(C)C)C(C)C. The van der Waals surface area contributed by atoms with E-state index in [1.807, 2.05) is 20.8 Å². The first-order valence-electron chi connectivity index (χ1n) is 5.18. The van der Waals surface area contributed by atoms with Gasteiger partial charge in [0.15, 0.2) is 0 Å². The van der Waals surface area contributed by atoms with Crippen LogP contribution in [-0.4, -0.2) is 6.61 Å². The summed E-state index contributed by atoms with van der Waals surface area (Å²) in [5, 5.41) is 0. The van der Waals surface area contributed by atoms with Crippen molar-refractivity contribution < 1.29 is 24.1 Å². The zero-order valence-corrected chi connectivity index (χ0v) is 11.4. The van der Waals surface area contributed by atoms with Crippen molar-refractivity contribution in [1.29, 1.82) is 0 Å². The molecule has 0 amide bonds. The Kier molecular flexibility index (Phi) is 5.82. The summed E-state index contributed by atoms with van der Waals surface area (Å²) in [6.45, 7) is 14.7. The summed E-state index contributed by atoms with van der Waals surface area (Å²) in [7, 11) is 0. The van der Waals surface area contributed by atoms with Gasteiger partial charge in [0.1, 0.15) is 0 Å². The molecule has 0 aliphatic carbocycles. The number of hydrogen-bond donors (Lipinski definition) is 0. The standard InChI is InChI=1S/C11H23O.Ti/c1-8(2)11(7-12,9(3)4)10(5)6;/h8-10H,7H2,1-6H3;/q-1;+1. The molecule has 0 bridgehead atoms. The van der Waals surface area contributed by atoms with Gasteiger partial charge in [0, 0.05) is 0 Å². The van der Waals surface area contributed by atoms with Crippen molar-refractivity contribution in [2.75, 3.05) is 6.61 Å². The Morgan fingerprint density at radius 1 is 0.923 bits per heavy atom.